The minimum absolute atomic E-state index is 0.134. The van der Waals surface area contributed by atoms with Crippen LogP contribution in [0.25, 0.3) is 21.9 Å². The van der Waals surface area contributed by atoms with E-state index >= 15 is 0 Å². The molecule has 0 atom stereocenters. The van der Waals surface area contributed by atoms with Gasteiger partial charge in [0.05, 0.1) is 16.6 Å². The van der Waals surface area contributed by atoms with Gasteiger partial charge in [-0.15, -0.1) is 0 Å². The Morgan fingerprint density at radius 2 is 1.71 bits per heavy atom. The Morgan fingerprint density at radius 1 is 0.974 bits per heavy atom. The number of hydrogen-bond acceptors (Lipinski definition) is 6. The minimum atomic E-state index is -0.144. The minimum Gasteiger partial charge on any atom is -0.457 e. The number of nitrogens with one attached hydrogen (secondary N) is 2. The number of rotatable bonds is 5. The van der Waals surface area contributed by atoms with Gasteiger partial charge < -0.3 is 24.8 Å². The topological polar surface area (TPSA) is 108 Å². The molecule has 6 rings (SSSR count). The highest BCUT2D eigenvalue weighted by atomic mass is 16.5. The van der Waals surface area contributed by atoms with E-state index in [9.17, 15) is 9.59 Å². The number of ether oxygens (including phenoxy) is 1. The van der Waals surface area contributed by atoms with Crippen molar-refractivity contribution >= 4 is 39.5 Å². The number of aromatic nitrogens is 4. The molecule has 1 aliphatic rings. The number of piperazine rings is 1. The van der Waals surface area contributed by atoms with Crippen molar-refractivity contribution in [2.75, 3.05) is 36.4 Å². The Labute approximate surface area is 218 Å². The van der Waals surface area contributed by atoms with Crippen molar-refractivity contribution in [1.29, 1.82) is 0 Å². The number of aromatic amines is 1. The number of anilines is 2. The zero-order chi connectivity index (χ0) is 26.1. The fourth-order valence-electron chi connectivity index (χ4n) is 4.81. The zero-order valence-electron chi connectivity index (χ0n) is 20.9. The lowest BCUT2D eigenvalue weighted by Crippen LogP contribution is -2.50. The van der Waals surface area contributed by atoms with Crippen LogP contribution in [0.1, 0.15) is 6.92 Å². The van der Waals surface area contributed by atoms with Crippen molar-refractivity contribution < 1.29 is 9.53 Å². The summed E-state index contributed by atoms with van der Waals surface area (Å²) in [6, 6.07) is 20.6. The number of carbonyl (C=O) groups is 1. The number of imidazole rings is 1. The van der Waals surface area contributed by atoms with Gasteiger partial charge in [-0.25, -0.2) is 19.6 Å². The Bertz CT molecular complexity index is 1650. The molecule has 192 valence electrons. The quantitative estimate of drug-likeness (QED) is 0.363. The molecule has 0 bridgehead atoms. The maximum absolute atomic E-state index is 12.9. The van der Waals surface area contributed by atoms with E-state index in [-0.39, 0.29) is 11.7 Å². The second kappa shape index (κ2) is 9.89. The zero-order valence-corrected chi connectivity index (χ0v) is 20.9. The molecule has 0 spiro atoms. The van der Waals surface area contributed by atoms with E-state index in [2.05, 4.69) is 25.2 Å². The van der Waals surface area contributed by atoms with Crippen molar-refractivity contribution in [3.05, 3.63) is 83.5 Å². The Morgan fingerprint density at radius 3 is 2.45 bits per heavy atom. The fraction of sp³-hybridized carbons (Fsp3) is 0.214. The van der Waals surface area contributed by atoms with Gasteiger partial charge >= 0.3 is 11.7 Å². The predicted molar refractivity (Wildman–Crippen MR) is 147 cm³/mol. The van der Waals surface area contributed by atoms with E-state index in [1.807, 2.05) is 73.7 Å². The first-order valence-corrected chi connectivity index (χ1v) is 12.6. The van der Waals surface area contributed by atoms with Gasteiger partial charge in [-0.1, -0.05) is 18.2 Å². The van der Waals surface area contributed by atoms with Gasteiger partial charge in [0, 0.05) is 43.8 Å². The summed E-state index contributed by atoms with van der Waals surface area (Å²) in [5.74, 6) is 2.26. The monoisotopic (exact) mass is 509 g/mol. The summed E-state index contributed by atoms with van der Waals surface area (Å²) in [6.07, 6.45) is 1.55. The number of urea groups is 1. The third-order valence-electron chi connectivity index (χ3n) is 6.78. The van der Waals surface area contributed by atoms with Crippen LogP contribution in [-0.2, 0) is 6.54 Å². The first-order chi connectivity index (χ1) is 18.6. The molecule has 1 saturated heterocycles. The van der Waals surface area contributed by atoms with Crippen LogP contribution >= 0.6 is 0 Å². The third-order valence-corrected chi connectivity index (χ3v) is 6.78. The second-order valence-electron chi connectivity index (χ2n) is 9.10. The van der Waals surface area contributed by atoms with Gasteiger partial charge in [0.2, 0.25) is 0 Å². The second-order valence-corrected chi connectivity index (χ2v) is 9.10. The standard InChI is InChI=1S/C28H27N7O3/c1-2-35-25-17-23-22(16-24(25)32-28(35)37)26(30-18-29-23)33-12-14-34(15-13-33)27(36)31-19-8-10-21(11-9-19)38-20-6-4-3-5-7-20/h3-11,16-18H,2,12-15H2,1H3,(H,31,36)(H,32,37). The lowest BCUT2D eigenvalue weighted by Gasteiger charge is -2.35. The fourth-order valence-corrected chi connectivity index (χ4v) is 4.81. The van der Waals surface area contributed by atoms with Gasteiger partial charge in [-0.05, 0) is 55.5 Å². The number of H-pyrrole nitrogens is 1. The molecule has 1 fully saturated rings. The Balaban J connectivity index is 1.11. The van der Waals surface area contributed by atoms with Crippen molar-refractivity contribution in [2.45, 2.75) is 13.5 Å². The maximum Gasteiger partial charge on any atom is 0.326 e. The van der Waals surface area contributed by atoms with Crippen molar-refractivity contribution in [3.8, 4) is 11.5 Å². The SMILES string of the molecule is CCn1c(=O)[nH]c2cc3c(N4CCN(C(=O)Nc5ccc(Oc6ccccc6)cc5)CC4)ncnc3cc21. The number of amides is 2. The summed E-state index contributed by atoms with van der Waals surface area (Å²) in [7, 11) is 0. The van der Waals surface area contributed by atoms with E-state index in [1.54, 1.807) is 15.8 Å². The molecule has 5 aromatic rings. The first-order valence-electron chi connectivity index (χ1n) is 12.6. The van der Waals surface area contributed by atoms with E-state index in [0.717, 1.165) is 33.5 Å². The van der Waals surface area contributed by atoms with Crippen LogP contribution in [0.3, 0.4) is 0 Å². The highest BCUT2D eigenvalue weighted by molar-refractivity contribution is 5.99. The summed E-state index contributed by atoms with van der Waals surface area (Å²) >= 11 is 0. The summed E-state index contributed by atoms with van der Waals surface area (Å²) in [5, 5.41) is 3.85. The summed E-state index contributed by atoms with van der Waals surface area (Å²) in [6.45, 7) is 4.89. The summed E-state index contributed by atoms with van der Waals surface area (Å²) in [4.78, 5) is 41.0. The molecule has 2 aromatic heterocycles. The molecule has 0 unspecified atom stereocenters. The first kappa shape index (κ1) is 23.5. The number of aryl methyl sites for hydroxylation is 1. The Kier molecular flexibility index (Phi) is 6.12. The highest BCUT2D eigenvalue weighted by Crippen LogP contribution is 2.28. The molecule has 1 aliphatic heterocycles. The van der Waals surface area contributed by atoms with Crippen molar-refractivity contribution in [3.63, 3.8) is 0 Å². The van der Waals surface area contributed by atoms with Gasteiger partial charge in [-0.3, -0.25) is 4.57 Å². The number of nitrogens with zero attached hydrogens (tertiary/aromatic N) is 5. The molecule has 10 nitrogen and oxygen atoms in total. The summed E-state index contributed by atoms with van der Waals surface area (Å²) in [5.41, 5.74) is 2.94. The van der Waals surface area contributed by atoms with Crippen molar-refractivity contribution in [1.82, 2.24) is 24.4 Å². The van der Waals surface area contributed by atoms with Crippen LogP contribution in [0.2, 0.25) is 0 Å². The average Bonchev–Trinajstić information content (AvgIpc) is 3.26. The lowest BCUT2D eigenvalue weighted by molar-refractivity contribution is 0.208. The normalized spacial score (nSPS) is 13.7. The molecule has 3 heterocycles. The van der Waals surface area contributed by atoms with E-state index in [0.29, 0.717) is 44.2 Å². The van der Waals surface area contributed by atoms with E-state index < -0.39 is 0 Å². The molecule has 38 heavy (non-hydrogen) atoms. The number of carbonyl (C=O) groups excluding carboxylic acids is 1. The molecule has 10 heteroatoms. The van der Waals surface area contributed by atoms with Gasteiger partial charge in [0.1, 0.15) is 23.6 Å². The Hall–Kier alpha value is -4.86. The molecular formula is C28H27N7O3. The lowest BCUT2D eigenvalue weighted by atomic mass is 10.2. The number of fused-ring (bicyclic) bond motifs is 2. The highest BCUT2D eigenvalue weighted by Gasteiger charge is 2.24. The smallest absolute Gasteiger partial charge is 0.326 e. The van der Waals surface area contributed by atoms with Gasteiger partial charge in [0.25, 0.3) is 0 Å². The molecule has 0 saturated carbocycles. The van der Waals surface area contributed by atoms with E-state index in [1.165, 1.54) is 0 Å². The predicted octanol–water partition coefficient (Wildman–Crippen LogP) is 4.44. The molecule has 2 N–H and O–H groups in total. The average molecular weight is 510 g/mol. The van der Waals surface area contributed by atoms with Crippen LogP contribution in [0.4, 0.5) is 16.3 Å². The third kappa shape index (κ3) is 4.52. The molecular weight excluding hydrogens is 482 g/mol. The van der Waals surface area contributed by atoms with Gasteiger partial charge in [0.15, 0.2) is 0 Å². The number of benzene rings is 3. The molecule has 2 amide bonds. The molecule has 0 aliphatic carbocycles. The van der Waals surface area contributed by atoms with Crippen LogP contribution in [0.5, 0.6) is 11.5 Å². The van der Waals surface area contributed by atoms with Crippen LogP contribution in [-0.4, -0.2) is 56.6 Å². The molecule has 0 radical (unpaired) electrons. The summed E-state index contributed by atoms with van der Waals surface area (Å²) < 4.78 is 7.51. The van der Waals surface area contributed by atoms with Crippen LogP contribution in [0, 0.1) is 0 Å². The van der Waals surface area contributed by atoms with Gasteiger partial charge in [-0.2, -0.15) is 0 Å². The maximum atomic E-state index is 12.9. The van der Waals surface area contributed by atoms with Crippen molar-refractivity contribution in [2.24, 2.45) is 0 Å². The van der Waals surface area contributed by atoms with Crippen LogP contribution < -0.4 is 20.6 Å². The number of hydrogen-bond donors (Lipinski definition) is 2. The van der Waals surface area contributed by atoms with E-state index in [4.69, 9.17) is 4.74 Å². The number of para-hydroxylation sites is 1. The largest absolute Gasteiger partial charge is 0.457 e. The molecule has 3 aromatic carbocycles. The van der Waals surface area contributed by atoms with Crippen LogP contribution in [0.15, 0.2) is 77.9 Å².